The second kappa shape index (κ2) is 5.45. The van der Waals surface area contributed by atoms with E-state index >= 15 is 0 Å². The molecule has 0 unspecified atom stereocenters. The molecule has 1 atom stereocenters. The van der Waals surface area contributed by atoms with E-state index < -0.39 is 45.9 Å². The molecule has 16 heavy (non-hydrogen) atoms. The van der Waals surface area contributed by atoms with Crippen molar-refractivity contribution in [3.63, 3.8) is 0 Å². The van der Waals surface area contributed by atoms with Gasteiger partial charge in [0, 0.05) is 6.26 Å². The Morgan fingerprint density at radius 1 is 1.25 bits per heavy atom. The highest BCUT2D eigenvalue weighted by Gasteiger charge is 2.24. The lowest BCUT2D eigenvalue weighted by atomic mass is 10.2. The van der Waals surface area contributed by atoms with Gasteiger partial charge in [0.15, 0.2) is 9.84 Å². The molecular formula is C7H11NO7S. The topological polar surface area (TPSA) is 138 Å². The predicted octanol–water partition coefficient (Wildman–Crippen LogP) is -1.92. The summed E-state index contributed by atoms with van der Waals surface area (Å²) in [7, 11) is -3.58. The van der Waals surface area contributed by atoms with E-state index in [4.69, 9.17) is 10.2 Å². The fraction of sp³-hybridized carbons (Fsp3) is 0.571. The molecule has 0 aliphatic heterocycles. The van der Waals surface area contributed by atoms with Gasteiger partial charge in [-0.25, -0.2) is 13.2 Å². The third-order valence-electron chi connectivity index (χ3n) is 1.41. The minimum atomic E-state index is -3.58. The maximum atomic E-state index is 11.0. The molecule has 0 aromatic rings. The first-order valence-corrected chi connectivity index (χ1v) is 6.09. The van der Waals surface area contributed by atoms with E-state index in [0.29, 0.717) is 0 Å². The number of nitrogens with one attached hydrogen (secondary N) is 1. The van der Waals surface area contributed by atoms with E-state index in [9.17, 15) is 22.8 Å². The normalized spacial score (nSPS) is 12.8. The maximum Gasteiger partial charge on any atom is 0.326 e. The monoisotopic (exact) mass is 253 g/mol. The van der Waals surface area contributed by atoms with E-state index in [1.165, 1.54) is 0 Å². The zero-order valence-electron chi connectivity index (χ0n) is 8.34. The summed E-state index contributed by atoms with van der Waals surface area (Å²) in [5.41, 5.74) is 0. The van der Waals surface area contributed by atoms with Gasteiger partial charge in [-0.05, 0) is 0 Å². The summed E-state index contributed by atoms with van der Waals surface area (Å²) in [6.45, 7) is 0. The first kappa shape index (κ1) is 14.4. The Bertz CT molecular complexity index is 399. The summed E-state index contributed by atoms with van der Waals surface area (Å²) in [5, 5.41) is 18.7. The Kier molecular flexibility index (Phi) is 4.89. The van der Waals surface area contributed by atoms with Gasteiger partial charge in [-0.3, -0.25) is 9.59 Å². The van der Waals surface area contributed by atoms with Crippen LogP contribution in [0.2, 0.25) is 0 Å². The predicted molar refractivity (Wildman–Crippen MR) is 51.5 cm³/mol. The summed E-state index contributed by atoms with van der Waals surface area (Å²) >= 11 is 0. The number of sulfone groups is 1. The lowest BCUT2D eigenvalue weighted by Gasteiger charge is -2.11. The van der Waals surface area contributed by atoms with Gasteiger partial charge in [0.05, 0.1) is 6.42 Å². The second-order valence-electron chi connectivity index (χ2n) is 3.13. The van der Waals surface area contributed by atoms with Crippen LogP contribution in [0.4, 0.5) is 0 Å². The van der Waals surface area contributed by atoms with Crippen LogP contribution in [0.15, 0.2) is 0 Å². The summed E-state index contributed by atoms with van der Waals surface area (Å²) in [5.74, 6) is -4.87. The third-order valence-corrected chi connectivity index (χ3v) is 2.19. The summed E-state index contributed by atoms with van der Waals surface area (Å²) in [6.07, 6.45) is -0.00954. The highest BCUT2D eigenvalue weighted by molar-refractivity contribution is 7.91. The van der Waals surface area contributed by atoms with Crippen LogP contribution in [0.5, 0.6) is 0 Å². The molecule has 1 amide bonds. The van der Waals surface area contributed by atoms with Crippen LogP contribution in [-0.4, -0.2) is 54.5 Å². The van der Waals surface area contributed by atoms with E-state index in [1.54, 1.807) is 5.32 Å². The molecule has 0 radical (unpaired) electrons. The largest absolute Gasteiger partial charge is 0.481 e. The number of carboxylic acids is 2. The average molecular weight is 253 g/mol. The van der Waals surface area contributed by atoms with Gasteiger partial charge in [0.25, 0.3) is 0 Å². The lowest BCUT2D eigenvalue weighted by Crippen LogP contribution is -2.44. The van der Waals surface area contributed by atoms with Gasteiger partial charge in [0.2, 0.25) is 5.91 Å². The fourth-order valence-corrected chi connectivity index (χ4v) is 1.41. The van der Waals surface area contributed by atoms with Crippen molar-refractivity contribution in [1.82, 2.24) is 5.32 Å². The molecular weight excluding hydrogens is 242 g/mol. The summed E-state index contributed by atoms with van der Waals surface area (Å²) in [6, 6.07) is -1.63. The highest BCUT2D eigenvalue weighted by atomic mass is 32.2. The van der Waals surface area contributed by atoms with Crippen molar-refractivity contribution in [3.05, 3.63) is 0 Å². The number of hydrogen-bond donors (Lipinski definition) is 3. The van der Waals surface area contributed by atoms with Crippen molar-refractivity contribution in [1.29, 1.82) is 0 Å². The van der Waals surface area contributed by atoms with Crippen molar-refractivity contribution in [2.75, 3.05) is 12.0 Å². The third kappa shape index (κ3) is 6.76. The molecule has 0 aromatic heterocycles. The van der Waals surface area contributed by atoms with Crippen LogP contribution in [-0.2, 0) is 24.2 Å². The number of carboxylic acid groups (broad SMARTS) is 2. The Balaban J connectivity index is 4.47. The number of hydrogen-bond acceptors (Lipinski definition) is 5. The standard InChI is InChI=1S/C7H11NO7S/c1-16(14,15)3-5(9)8-4(7(12)13)2-6(10)11/h4H,2-3H2,1H3,(H,8,9)(H,10,11)(H,12,13)/t4-/m1/s1. The smallest absolute Gasteiger partial charge is 0.326 e. The molecule has 0 aliphatic rings. The first-order chi connectivity index (χ1) is 7.11. The highest BCUT2D eigenvalue weighted by Crippen LogP contribution is 1.94. The molecule has 92 valence electrons. The molecule has 0 aliphatic carbocycles. The van der Waals surface area contributed by atoms with Gasteiger partial charge in [-0.1, -0.05) is 0 Å². The van der Waals surface area contributed by atoms with Crippen LogP contribution < -0.4 is 5.32 Å². The molecule has 9 heteroatoms. The molecule has 8 nitrogen and oxygen atoms in total. The Morgan fingerprint density at radius 3 is 2.06 bits per heavy atom. The van der Waals surface area contributed by atoms with Crippen LogP contribution in [0.3, 0.4) is 0 Å². The molecule has 0 bridgehead atoms. The molecule has 0 aromatic carbocycles. The number of aliphatic carboxylic acids is 2. The lowest BCUT2D eigenvalue weighted by molar-refractivity contribution is -0.147. The second-order valence-corrected chi connectivity index (χ2v) is 5.27. The van der Waals surface area contributed by atoms with Gasteiger partial charge >= 0.3 is 11.9 Å². The molecule has 0 heterocycles. The van der Waals surface area contributed by atoms with Crippen molar-refractivity contribution in [2.24, 2.45) is 0 Å². The number of amides is 1. The van der Waals surface area contributed by atoms with E-state index in [-0.39, 0.29) is 0 Å². The van der Waals surface area contributed by atoms with Crippen molar-refractivity contribution in [2.45, 2.75) is 12.5 Å². The molecule has 3 N–H and O–H groups in total. The first-order valence-electron chi connectivity index (χ1n) is 4.03. The average Bonchev–Trinajstić information content (AvgIpc) is 1.97. The fourth-order valence-electron chi connectivity index (χ4n) is 0.849. The van der Waals surface area contributed by atoms with E-state index in [2.05, 4.69) is 0 Å². The minimum absolute atomic E-state index is 0.805. The zero-order valence-corrected chi connectivity index (χ0v) is 9.15. The maximum absolute atomic E-state index is 11.0. The van der Waals surface area contributed by atoms with Crippen LogP contribution >= 0.6 is 0 Å². The van der Waals surface area contributed by atoms with Crippen molar-refractivity contribution in [3.8, 4) is 0 Å². The van der Waals surface area contributed by atoms with Gasteiger partial charge in [-0.15, -0.1) is 0 Å². The zero-order chi connectivity index (χ0) is 12.9. The molecule has 0 rings (SSSR count). The van der Waals surface area contributed by atoms with Crippen molar-refractivity contribution >= 4 is 27.7 Å². The Hall–Kier alpha value is -1.64. The van der Waals surface area contributed by atoms with Crippen LogP contribution in [0.1, 0.15) is 6.42 Å². The summed E-state index contributed by atoms with van der Waals surface area (Å²) < 4.78 is 21.4. The van der Waals surface area contributed by atoms with E-state index in [0.717, 1.165) is 6.26 Å². The van der Waals surface area contributed by atoms with Gasteiger partial charge in [0.1, 0.15) is 11.8 Å². The quantitative estimate of drug-likeness (QED) is 0.501. The molecule has 0 saturated carbocycles. The number of rotatable bonds is 6. The van der Waals surface area contributed by atoms with Gasteiger partial charge in [-0.2, -0.15) is 0 Å². The molecule has 0 spiro atoms. The van der Waals surface area contributed by atoms with Gasteiger partial charge < -0.3 is 15.5 Å². The molecule has 0 fully saturated rings. The minimum Gasteiger partial charge on any atom is -0.481 e. The number of carbonyl (C=O) groups excluding carboxylic acids is 1. The van der Waals surface area contributed by atoms with Crippen LogP contribution in [0, 0.1) is 0 Å². The van der Waals surface area contributed by atoms with E-state index in [1.807, 2.05) is 0 Å². The Morgan fingerprint density at radius 2 is 1.75 bits per heavy atom. The summed E-state index contributed by atoms with van der Waals surface area (Å²) in [4.78, 5) is 31.8. The molecule has 0 saturated heterocycles. The Labute approximate surface area is 91.2 Å². The van der Waals surface area contributed by atoms with Crippen LogP contribution in [0.25, 0.3) is 0 Å². The van der Waals surface area contributed by atoms with Crippen molar-refractivity contribution < 1.29 is 33.0 Å². The SMILES string of the molecule is CS(=O)(=O)CC(=O)N[C@H](CC(=O)O)C(=O)O. The number of carbonyl (C=O) groups is 3.